The summed E-state index contributed by atoms with van der Waals surface area (Å²) in [5.74, 6) is 1.29. The fourth-order valence-electron chi connectivity index (χ4n) is 3.38. The van der Waals surface area contributed by atoms with Crippen molar-refractivity contribution in [1.29, 1.82) is 0 Å². The number of unbranched alkanes of at least 4 members (excludes halogenated alkanes) is 1. The molecule has 2 aliphatic rings. The van der Waals surface area contributed by atoms with Crippen molar-refractivity contribution in [2.75, 3.05) is 36.6 Å². The first-order valence-corrected chi connectivity index (χ1v) is 11.7. The van der Waals surface area contributed by atoms with Crippen LogP contribution in [-0.2, 0) is 18.9 Å². The van der Waals surface area contributed by atoms with Crippen molar-refractivity contribution < 1.29 is 23.7 Å². The molecule has 9 nitrogen and oxygen atoms in total. The molecule has 3 N–H and O–H groups in total. The van der Waals surface area contributed by atoms with E-state index in [0.717, 1.165) is 25.0 Å². The van der Waals surface area contributed by atoms with E-state index in [9.17, 15) is 4.79 Å². The molecule has 1 aromatic heterocycles. The molecule has 30 heavy (non-hydrogen) atoms. The lowest BCUT2D eigenvalue weighted by Gasteiger charge is -2.19. The number of hydrogen-bond donors (Lipinski definition) is 2. The minimum atomic E-state index is -0.697. The fourth-order valence-corrected chi connectivity index (χ4v) is 4.30. The van der Waals surface area contributed by atoms with Gasteiger partial charge in [0, 0.05) is 18.8 Å². The highest BCUT2D eigenvalue weighted by molar-refractivity contribution is 7.99. The number of carbonyl (C=O) groups excluding carboxylic acids is 1. The van der Waals surface area contributed by atoms with Crippen LogP contribution < -0.4 is 11.1 Å². The zero-order valence-corrected chi connectivity index (χ0v) is 18.8. The van der Waals surface area contributed by atoms with E-state index in [4.69, 9.17) is 36.3 Å². The molecule has 0 aromatic carbocycles. The van der Waals surface area contributed by atoms with Crippen LogP contribution in [0.15, 0.2) is 5.16 Å². The molecule has 0 radical (unpaired) electrons. The number of aromatic nitrogens is 2. The van der Waals surface area contributed by atoms with E-state index < -0.39 is 18.4 Å². The van der Waals surface area contributed by atoms with Gasteiger partial charge in [-0.3, -0.25) is 0 Å². The Labute approximate surface area is 185 Å². The maximum Gasteiger partial charge on any atom is 0.509 e. The molecular weight excluding hydrogens is 432 g/mol. The molecule has 0 spiro atoms. The fraction of sp³-hybridized carbons (Fsp3) is 0.737. The van der Waals surface area contributed by atoms with Crippen molar-refractivity contribution in [2.24, 2.45) is 0 Å². The third-order valence-corrected chi connectivity index (χ3v) is 6.22. The maximum atomic E-state index is 11.7. The van der Waals surface area contributed by atoms with Gasteiger partial charge in [0.05, 0.1) is 19.3 Å². The number of ether oxygens (including phenoxy) is 4. The van der Waals surface area contributed by atoms with Crippen molar-refractivity contribution in [3.8, 4) is 0 Å². The lowest BCUT2D eigenvalue weighted by Crippen LogP contribution is -2.34. The van der Waals surface area contributed by atoms with Crippen LogP contribution in [0.25, 0.3) is 0 Å². The highest BCUT2D eigenvalue weighted by atomic mass is 35.5. The van der Waals surface area contributed by atoms with Crippen LogP contribution in [0.2, 0.25) is 5.15 Å². The topological polar surface area (TPSA) is 118 Å². The number of rotatable bonds is 12. The molecule has 0 amide bonds. The second-order valence-corrected chi connectivity index (χ2v) is 8.60. The van der Waals surface area contributed by atoms with Gasteiger partial charge in [0.15, 0.2) is 28.3 Å². The zero-order chi connectivity index (χ0) is 21.5. The predicted molar refractivity (Wildman–Crippen MR) is 115 cm³/mol. The average molecular weight is 461 g/mol. The first-order valence-electron chi connectivity index (χ1n) is 10.3. The van der Waals surface area contributed by atoms with Gasteiger partial charge >= 0.3 is 6.16 Å². The number of carbonyl (C=O) groups is 1. The van der Waals surface area contributed by atoms with E-state index in [0.29, 0.717) is 37.2 Å². The number of halogens is 1. The van der Waals surface area contributed by atoms with E-state index in [2.05, 4.69) is 29.1 Å². The van der Waals surface area contributed by atoms with E-state index in [1.165, 1.54) is 11.8 Å². The monoisotopic (exact) mass is 460 g/mol. The lowest BCUT2D eigenvalue weighted by molar-refractivity contribution is -0.0385. The number of anilines is 2. The number of hydrogen-bond acceptors (Lipinski definition) is 10. The quantitative estimate of drug-likeness (QED) is 0.158. The molecule has 1 aliphatic heterocycles. The van der Waals surface area contributed by atoms with Gasteiger partial charge in [0.1, 0.15) is 11.8 Å². The summed E-state index contributed by atoms with van der Waals surface area (Å²) in [6.45, 7) is 5.82. The van der Waals surface area contributed by atoms with Crippen LogP contribution in [0.3, 0.4) is 0 Å². The Morgan fingerprint density at radius 1 is 1.20 bits per heavy atom. The molecule has 1 saturated carbocycles. The molecule has 0 bridgehead atoms. The smallest absolute Gasteiger partial charge is 0.425 e. The van der Waals surface area contributed by atoms with Gasteiger partial charge in [-0.1, -0.05) is 43.6 Å². The van der Waals surface area contributed by atoms with Crippen molar-refractivity contribution >= 4 is 41.0 Å². The molecule has 2 fully saturated rings. The largest absolute Gasteiger partial charge is 0.509 e. The molecule has 4 atom stereocenters. The predicted octanol–water partition coefficient (Wildman–Crippen LogP) is 3.50. The van der Waals surface area contributed by atoms with Crippen LogP contribution in [0.4, 0.5) is 16.3 Å². The van der Waals surface area contributed by atoms with E-state index in [1.807, 2.05) is 0 Å². The van der Waals surface area contributed by atoms with Crippen molar-refractivity contribution in [3.63, 3.8) is 0 Å². The Hall–Kier alpha value is -1.49. The number of nitrogens with one attached hydrogen (secondary N) is 1. The number of nitrogens with zero attached hydrogens (tertiary/aromatic N) is 2. The second kappa shape index (κ2) is 11.2. The minimum Gasteiger partial charge on any atom is -0.425 e. The zero-order valence-electron chi connectivity index (χ0n) is 17.3. The average Bonchev–Trinajstić information content (AvgIpc) is 3.25. The van der Waals surface area contributed by atoms with Gasteiger partial charge in [-0.2, -0.15) is 0 Å². The number of fused-ring (bicyclic) bond motifs is 1. The maximum absolute atomic E-state index is 11.7. The Kier molecular flexibility index (Phi) is 8.67. The SMILES string of the molecule is CCCCOCCO[C@H]1C[C@@H](Nc2nc(SCCC)nc(Cl)c2N)[C@@H]2OC(=O)O[C@@H]21. The molecule has 1 aliphatic carbocycles. The van der Waals surface area contributed by atoms with Gasteiger partial charge in [-0.25, -0.2) is 14.8 Å². The Balaban J connectivity index is 1.63. The summed E-state index contributed by atoms with van der Waals surface area (Å²) in [7, 11) is 0. The van der Waals surface area contributed by atoms with Crippen LogP contribution >= 0.6 is 23.4 Å². The highest BCUT2D eigenvalue weighted by Crippen LogP contribution is 2.37. The summed E-state index contributed by atoms with van der Waals surface area (Å²) in [6.07, 6.45) is 1.67. The molecule has 11 heteroatoms. The molecule has 1 saturated heterocycles. The normalized spacial score (nSPS) is 25.1. The lowest BCUT2D eigenvalue weighted by atomic mass is 10.2. The van der Waals surface area contributed by atoms with Gasteiger partial charge in [0.25, 0.3) is 0 Å². The van der Waals surface area contributed by atoms with E-state index in [1.54, 1.807) is 0 Å². The van der Waals surface area contributed by atoms with Crippen LogP contribution in [-0.4, -0.2) is 66.1 Å². The summed E-state index contributed by atoms with van der Waals surface area (Å²) in [6, 6.07) is -0.273. The van der Waals surface area contributed by atoms with E-state index >= 15 is 0 Å². The molecule has 2 heterocycles. The molecular formula is C19H29ClN4O5S. The molecule has 3 rings (SSSR count). The van der Waals surface area contributed by atoms with Gasteiger partial charge in [-0.15, -0.1) is 0 Å². The van der Waals surface area contributed by atoms with Gasteiger partial charge in [-0.05, 0) is 12.8 Å². The minimum absolute atomic E-state index is 0.192. The summed E-state index contributed by atoms with van der Waals surface area (Å²) >= 11 is 7.69. The third-order valence-electron chi connectivity index (χ3n) is 4.88. The summed E-state index contributed by atoms with van der Waals surface area (Å²) in [5, 5.41) is 4.00. The first-order chi connectivity index (χ1) is 14.5. The van der Waals surface area contributed by atoms with Crippen LogP contribution in [0, 0.1) is 0 Å². The first kappa shape index (κ1) is 23.2. The van der Waals surface area contributed by atoms with Crippen LogP contribution in [0.5, 0.6) is 0 Å². The molecule has 1 aromatic rings. The highest BCUT2D eigenvalue weighted by Gasteiger charge is 2.53. The number of thioether (sulfide) groups is 1. The van der Waals surface area contributed by atoms with Crippen molar-refractivity contribution in [1.82, 2.24) is 9.97 Å². The van der Waals surface area contributed by atoms with E-state index in [-0.39, 0.29) is 23.0 Å². The van der Waals surface area contributed by atoms with Gasteiger partial charge in [0.2, 0.25) is 0 Å². The van der Waals surface area contributed by atoms with Gasteiger partial charge < -0.3 is 30.0 Å². The Morgan fingerprint density at radius 2 is 2.00 bits per heavy atom. The number of nitrogen functional groups attached to an aromatic ring is 1. The molecule has 168 valence electrons. The Morgan fingerprint density at radius 3 is 2.77 bits per heavy atom. The summed E-state index contributed by atoms with van der Waals surface area (Å²) in [4.78, 5) is 20.4. The summed E-state index contributed by atoms with van der Waals surface area (Å²) in [5.41, 5.74) is 6.34. The third kappa shape index (κ3) is 5.81. The second-order valence-electron chi connectivity index (χ2n) is 7.18. The Bertz CT molecular complexity index is 728. The standard InChI is InChI=1S/C19H29ClN4O5S/c1-3-5-6-26-7-8-27-12-10-11(14-15(12)29-19(25)28-14)22-17-13(21)16(20)23-18(24-17)30-9-4-2/h11-12,14-15H,3-10,21H2,1-2H3,(H,22,23,24)/t11-,12+,14+,15-/m1/s1. The van der Waals surface area contributed by atoms with Crippen LogP contribution in [0.1, 0.15) is 39.5 Å². The summed E-state index contributed by atoms with van der Waals surface area (Å²) < 4.78 is 22.2. The van der Waals surface area contributed by atoms with Crippen molar-refractivity contribution in [3.05, 3.63) is 5.15 Å². The molecule has 0 unspecified atom stereocenters. The van der Waals surface area contributed by atoms with Crippen molar-refractivity contribution in [2.45, 2.75) is 69.0 Å². The number of nitrogens with two attached hydrogens (primary N) is 1.